The van der Waals surface area contributed by atoms with Crippen LogP contribution in [0, 0.1) is 0 Å². The molecule has 14 heavy (non-hydrogen) atoms. The summed E-state index contributed by atoms with van der Waals surface area (Å²) in [6.45, 7) is 0. The molecule has 1 aromatic carbocycles. The molecule has 1 N–H and O–H groups in total. The minimum absolute atomic E-state index is 0.711. The third-order valence-electron chi connectivity index (χ3n) is 2.93. The summed E-state index contributed by atoms with van der Waals surface area (Å²) in [5.41, 5.74) is 5.13. The Morgan fingerprint density at radius 3 is 2.64 bits per heavy atom. The number of hydrogen-bond acceptors (Lipinski definition) is 2. The van der Waals surface area contributed by atoms with E-state index < -0.39 is 0 Å². The summed E-state index contributed by atoms with van der Waals surface area (Å²) in [6, 6.07) is 4.44. The molecular weight excluding hydrogens is 192 g/mol. The van der Waals surface area contributed by atoms with Crippen LogP contribution in [0.5, 0.6) is 0 Å². The lowest BCUT2D eigenvalue weighted by Crippen LogP contribution is -2.01. The van der Waals surface area contributed by atoms with Crippen LogP contribution in [-0.4, -0.2) is 9.97 Å². The molecule has 0 unspecified atom stereocenters. The van der Waals surface area contributed by atoms with Gasteiger partial charge in [-0.2, -0.15) is 0 Å². The number of thiol groups is 1. The van der Waals surface area contributed by atoms with Crippen molar-refractivity contribution in [3.63, 3.8) is 0 Å². The van der Waals surface area contributed by atoms with E-state index in [1.807, 2.05) is 0 Å². The second kappa shape index (κ2) is 3.02. The number of aromatic amines is 1. The molecule has 0 bridgehead atoms. The van der Waals surface area contributed by atoms with E-state index in [-0.39, 0.29) is 0 Å². The maximum atomic E-state index is 4.33. The Hall–Kier alpha value is -0.960. The summed E-state index contributed by atoms with van der Waals surface area (Å²) in [7, 11) is 0. The molecule has 0 fully saturated rings. The Bertz CT molecular complexity index is 444. The van der Waals surface area contributed by atoms with Gasteiger partial charge in [-0.3, -0.25) is 0 Å². The monoisotopic (exact) mass is 204 g/mol. The van der Waals surface area contributed by atoms with Crippen LogP contribution in [0.3, 0.4) is 0 Å². The predicted molar refractivity (Wildman–Crippen MR) is 60.0 cm³/mol. The summed E-state index contributed by atoms with van der Waals surface area (Å²) >= 11 is 4.22. The lowest BCUT2D eigenvalue weighted by molar-refractivity contribution is 0.687. The average Bonchev–Trinajstić information content (AvgIpc) is 2.53. The number of imidazole rings is 1. The minimum atomic E-state index is 0.711. The number of rotatable bonds is 0. The van der Waals surface area contributed by atoms with E-state index in [2.05, 4.69) is 34.7 Å². The van der Waals surface area contributed by atoms with Gasteiger partial charge in [0.1, 0.15) is 0 Å². The molecule has 0 amide bonds. The highest BCUT2D eigenvalue weighted by Crippen LogP contribution is 2.25. The summed E-state index contributed by atoms with van der Waals surface area (Å²) in [5.74, 6) is 0. The average molecular weight is 204 g/mol. The van der Waals surface area contributed by atoms with Crippen molar-refractivity contribution in [1.29, 1.82) is 0 Å². The van der Waals surface area contributed by atoms with Crippen molar-refractivity contribution in [2.45, 2.75) is 30.8 Å². The zero-order valence-electron chi connectivity index (χ0n) is 7.88. The van der Waals surface area contributed by atoms with Crippen molar-refractivity contribution in [3.05, 3.63) is 23.3 Å². The highest BCUT2D eigenvalue weighted by molar-refractivity contribution is 7.80. The van der Waals surface area contributed by atoms with Gasteiger partial charge in [-0.25, -0.2) is 4.98 Å². The molecule has 0 aliphatic heterocycles. The van der Waals surface area contributed by atoms with Gasteiger partial charge in [-0.05, 0) is 48.9 Å². The summed E-state index contributed by atoms with van der Waals surface area (Å²) in [6.07, 6.45) is 5.06. The van der Waals surface area contributed by atoms with Crippen LogP contribution in [0.25, 0.3) is 11.0 Å². The van der Waals surface area contributed by atoms with Crippen molar-refractivity contribution in [2.75, 3.05) is 0 Å². The Morgan fingerprint density at radius 1 is 1.14 bits per heavy atom. The Labute approximate surface area is 88.2 Å². The smallest absolute Gasteiger partial charge is 0.163 e. The van der Waals surface area contributed by atoms with Crippen LogP contribution >= 0.6 is 12.6 Å². The summed E-state index contributed by atoms with van der Waals surface area (Å²) in [5, 5.41) is 0.711. The minimum Gasteiger partial charge on any atom is -0.333 e. The van der Waals surface area contributed by atoms with Crippen molar-refractivity contribution in [3.8, 4) is 0 Å². The number of H-pyrrole nitrogens is 1. The first-order chi connectivity index (χ1) is 6.83. The lowest BCUT2D eigenvalue weighted by atomic mass is 9.91. The normalized spacial score (nSPS) is 15.8. The quantitative estimate of drug-likeness (QED) is 0.635. The third-order valence-corrected chi connectivity index (χ3v) is 3.14. The number of benzene rings is 1. The summed E-state index contributed by atoms with van der Waals surface area (Å²) in [4.78, 5) is 7.49. The van der Waals surface area contributed by atoms with Gasteiger partial charge in [0.2, 0.25) is 0 Å². The van der Waals surface area contributed by atoms with E-state index in [0.717, 1.165) is 11.0 Å². The van der Waals surface area contributed by atoms with Crippen LogP contribution in [0.4, 0.5) is 0 Å². The first-order valence-electron chi connectivity index (χ1n) is 5.03. The first kappa shape index (κ1) is 8.36. The highest BCUT2D eigenvalue weighted by atomic mass is 32.1. The predicted octanol–water partition coefficient (Wildman–Crippen LogP) is 2.73. The second-order valence-corrected chi connectivity index (χ2v) is 4.33. The van der Waals surface area contributed by atoms with Gasteiger partial charge in [0.15, 0.2) is 5.16 Å². The van der Waals surface area contributed by atoms with E-state index in [0.29, 0.717) is 5.16 Å². The Balaban J connectivity index is 2.26. The fourth-order valence-electron chi connectivity index (χ4n) is 2.23. The highest BCUT2D eigenvalue weighted by Gasteiger charge is 2.11. The molecule has 0 atom stereocenters. The largest absolute Gasteiger partial charge is 0.333 e. The zero-order valence-corrected chi connectivity index (χ0v) is 8.77. The van der Waals surface area contributed by atoms with Crippen molar-refractivity contribution in [2.24, 2.45) is 0 Å². The Kier molecular flexibility index (Phi) is 1.80. The standard InChI is InChI=1S/C11H12N2S/c14-11-12-9-5-7-3-1-2-4-8(7)6-10(9)13-11/h5-6H,1-4H2,(H2,12,13,14). The molecule has 0 radical (unpaired) electrons. The van der Waals surface area contributed by atoms with Gasteiger partial charge >= 0.3 is 0 Å². The number of aromatic nitrogens is 2. The second-order valence-electron chi connectivity index (χ2n) is 3.91. The number of aryl methyl sites for hydroxylation is 2. The molecule has 0 spiro atoms. The van der Waals surface area contributed by atoms with Gasteiger partial charge in [0.25, 0.3) is 0 Å². The van der Waals surface area contributed by atoms with Gasteiger partial charge in [0, 0.05) is 0 Å². The van der Waals surface area contributed by atoms with Crippen LogP contribution in [-0.2, 0) is 12.8 Å². The van der Waals surface area contributed by atoms with Crippen LogP contribution in [0.1, 0.15) is 24.0 Å². The van der Waals surface area contributed by atoms with E-state index in [1.54, 1.807) is 0 Å². The van der Waals surface area contributed by atoms with E-state index in [9.17, 15) is 0 Å². The molecule has 1 aromatic heterocycles. The molecule has 1 aliphatic rings. The van der Waals surface area contributed by atoms with Gasteiger partial charge in [0.05, 0.1) is 11.0 Å². The van der Waals surface area contributed by atoms with E-state index in [1.165, 1.54) is 36.8 Å². The van der Waals surface area contributed by atoms with Gasteiger partial charge < -0.3 is 4.98 Å². The first-order valence-corrected chi connectivity index (χ1v) is 5.48. The molecule has 1 aliphatic carbocycles. The third kappa shape index (κ3) is 1.23. The van der Waals surface area contributed by atoms with E-state index in [4.69, 9.17) is 0 Å². The van der Waals surface area contributed by atoms with Gasteiger partial charge in [-0.1, -0.05) is 0 Å². The molecule has 0 saturated heterocycles. The number of nitrogens with zero attached hydrogens (tertiary/aromatic N) is 1. The van der Waals surface area contributed by atoms with Crippen molar-refractivity contribution >= 4 is 23.7 Å². The van der Waals surface area contributed by atoms with Crippen molar-refractivity contribution < 1.29 is 0 Å². The summed E-state index contributed by atoms with van der Waals surface area (Å²) < 4.78 is 0. The fraction of sp³-hybridized carbons (Fsp3) is 0.364. The molecule has 0 saturated carbocycles. The molecule has 1 heterocycles. The van der Waals surface area contributed by atoms with Crippen LogP contribution < -0.4 is 0 Å². The van der Waals surface area contributed by atoms with Crippen LogP contribution in [0.2, 0.25) is 0 Å². The fourth-order valence-corrected chi connectivity index (χ4v) is 2.46. The van der Waals surface area contributed by atoms with Crippen LogP contribution in [0.15, 0.2) is 17.3 Å². The van der Waals surface area contributed by atoms with Crippen molar-refractivity contribution in [1.82, 2.24) is 9.97 Å². The topological polar surface area (TPSA) is 28.7 Å². The number of nitrogens with one attached hydrogen (secondary N) is 1. The molecular formula is C11H12N2S. The maximum absolute atomic E-state index is 4.33. The molecule has 2 aromatic rings. The maximum Gasteiger partial charge on any atom is 0.163 e. The number of hydrogen-bond donors (Lipinski definition) is 2. The Morgan fingerprint density at radius 2 is 1.86 bits per heavy atom. The van der Waals surface area contributed by atoms with E-state index >= 15 is 0 Å². The number of fused-ring (bicyclic) bond motifs is 2. The molecule has 72 valence electrons. The lowest BCUT2D eigenvalue weighted by Gasteiger charge is -2.14. The molecule has 2 nitrogen and oxygen atoms in total. The van der Waals surface area contributed by atoms with Gasteiger partial charge in [-0.15, -0.1) is 12.6 Å². The molecule has 3 rings (SSSR count). The molecule has 3 heteroatoms. The SMILES string of the molecule is Sc1nc2cc3c(cc2[nH]1)CCCC3. The zero-order chi connectivity index (χ0) is 9.54.